The van der Waals surface area contributed by atoms with E-state index in [0.717, 1.165) is 12.1 Å². The van der Waals surface area contributed by atoms with Gasteiger partial charge in [0.05, 0.1) is 17.2 Å². The Labute approximate surface area is 146 Å². The molecule has 136 valence electrons. The zero-order valence-electron chi connectivity index (χ0n) is 13.4. The summed E-state index contributed by atoms with van der Waals surface area (Å²) in [6, 6.07) is 9.09. The molecule has 1 aliphatic heterocycles. The van der Waals surface area contributed by atoms with Gasteiger partial charge in [-0.25, -0.2) is 4.39 Å². The molecule has 8 heteroatoms. The number of alkyl halides is 3. The lowest BCUT2D eigenvalue weighted by molar-refractivity contribution is -0.138. The van der Waals surface area contributed by atoms with Crippen LogP contribution in [0.15, 0.2) is 48.5 Å². The first-order valence-corrected chi connectivity index (χ1v) is 7.79. The van der Waals surface area contributed by atoms with Crippen molar-refractivity contribution in [3.05, 3.63) is 65.5 Å². The van der Waals surface area contributed by atoms with Gasteiger partial charge in [0.1, 0.15) is 5.82 Å². The summed E-state index contributed by atoms with van der Waals surface area (Å²) in [5, 5.41) is 2.47. The van der Waals surface area contributed by atoms with Crippen molar-refractivity contribution in [2.24, 2.45) is 0 Å². The minimum Gasteiger partial charge on any atom is -0.347 e. The number of carbonyl (C=O) groups is 2. The fourth-order valence-corrected chi connectivity index (χ4v) is 2.87. The molecule has 2 amide bonds. The molecule has 0 aliphatic carbocycles. The fourth-order valence-electron chi connectivity index (χ4n) is 2.87. The van der Waals surface area contributed by atoms with Gasteiger partial charge < -0.3 is 10.2 Å². The normalized spacial score (nSPS) is 17.5. The van der Waals surface area contributed by atoms with Gasteiger partial charge >= 0.3 is 6.18 Å². The summed E-state index contributed by atoms with van der Waals surface area (Å²) >= 11 is 0. The van der Waals surface area contributed by atoms with E-state index < -0.39 is 35.1 Å². The van der Waals surface area contributed by atoms with Crippen LogP contribution in [0.1, 0.15) is 22.3 Å². The molecule has 1 heterocycles. The number of benzene rings is 2. The second-order valence-electron chi connectivity index (χ2n) is 5.90. The van der Waals surface area contributed by atoms with E-state index in [4.69, 9.17) is 0 Å². The van der Waals surface area contributed by atoms with Crippen molar-refractivity contribution < 1.29 is 27.2 Å². The standard InChI is InChI=1S/C18H14F4N2O2/c19-11-5-7-13(8-6-11)24-10-12(9-16(24)25)23-17(26)14-3-1-2-4-15(14)18(20,21)22/h1-8,12H,9-10H2,(H,23,26)/t12-/m0/s1. The molecular formula is C18H14F4N2O2. The number of anilines is 1. The number of nitrogens with zero attached hydrogens (tertiary/aromatic N) is 1. The highest BCUT2D eigenvalue weighted by Gasteiger charge is 2.36. The molecule has 1 N–H and O–H groups in total. The number of amides is 2. The highest BCUT2D eigenvalue weighted by Crippen LogP contribution is 2.32. The van der Waals surface area contributed by atoms with Crippen LogP contribution in [0.4, 0.5) is 23.2 Å². The van der Waals surface area contributed by atoms with Gasteiger partial charge in [-0.15, -0.1) is 0 Å². The first-order chi connectivity index (χ1) is 12.3. The van der Waals surface area contributed by atoms with E-state index in [-0.39, 0.29) is 18.9 Å². The largest absolute Gasteiger partial charge is 0.417 e. The first-order valence-electron chi connectivity index (χ1n) is 7.79. The summed E-state index contributed by atoms with van der Waals surface area (Å²) in [4.78, 5) is 25.7. The molecular weight excluding hydrogens is 352 g/mol. The predicted molar refractivity (Wildman–Crippen MR) is 86.1 cm³/mol. The molecule has 0 radical (unpaired) electrons. The second-order valence-corrected chi connectivity index (χ2v) is 5.90. The van der Waals surface area contributed by atoms with Crippen molar-refractivity contribution in [1.82, 2.24) is 5.32 Å². The molecule has 26 heavy (non-hydrogen) atoms. The maximum Gasteiger partial charge on any atom is 0.417 e. The summed E-state index contributed by atoms with van der Waals surface area (Å²) in [5.41, 5.74) is -1.06. The first kappa shape index (κ1) is 17.9. The molecule has 0 bridgehead atoms. The van der Waals surface area contributed by atoms with Gasteiger partial charge in [0, 0.05) is 18.7 Å². The van der Waals surface area contributed by atoms with Gasteiger partial charge in [0.2, 0.25) is 5.91 Å². The Morgan fingerprint density at radius 3 is 2.38 bits per heavy atom. The molecule has 2 aromatic rings. The Morgan fingerprint density at radius 1 is 1.08 bits per heavy atom. The van der Waals surface area contributed by atoms with Crippen molar-refractivity contribution in [2.75, 3.05) is 11.4 Å². The Morgan fingerprint density at radius 2 is 1.73 bits per heavy atom. The topological polar surface area (TPSA) is 49.4 Å². The minimum absolute atomic E-state index is 0.0443. The van der Waals surface area contributed by atoms with Crippen LogP contribution in [0.25, 0.3) is 0 Å². The van der Waals surface area contributed by atoms with Crippen molar-refractivity contribution in [2.45, 2.75) is 18.6 Å². The number of rotatable bonds is 3. The summed E-state index contributed by atoms with van der Waals surface area (Å²) < 4.78 is 52.1. The molecule has 0 spiro atoms. The molecule has 4 nitrogen and oxygen atoms in total. The SMILES string of the molecule is O=C(N[C@H]1CC(=O)N(c2ccc(F)cc2)C1)c1ccccc1C(F)(F)F. The molecule has 0 aromatic heterocycles. The molecule has 1 fully saturated rings. The highest BCUT2D eigenvalue weighted by molar-refractivity contribution is 5.99. The van der Waals surface area contributed by atoms with Gasteiger partial charge in [0.15, 0.2) is 0 Å². The van der Waals surface area contributed by atoms with Crippen LogP contribution in [0.5, 0.6) is 0 Å². The number of halogens is 4. The lowest BCUT2D eigenvalue weighted by Gasteiger charge is -2.18. The number of hydrogen-bond acceptors (Lipinski definition) is 2. The quantitative estimate of drug-likeness (QED) is 0.847. The highest BCUT2D eigenvalue weighted by atomic mass is 19.4. The third kappa shape index (κ3) is 3.68. The molecule has 3 rings (SSSR count). The maximum absolute atomic E-state index is 13.0. The number of hydrogen-bond donors (Lipinski definition) is 1. The van der Waals surface area contributed by atoms with E-state index in [1.165, 1.54) is 41.3 Å². The third-order valence-electron chi connectivity index (χ3n) is 4.08. The lowest BCUT2D eigenvalue weighted by atomic mass is 10.1. The predicted octanol–water partition coefficient (Wildman–Crippen LogP) is 3.38. The van der Waals surface area contributed by atoms with E-state index in [9.17, 15) is 27.2 Å². The van der Waals surface area contributed by atoms with Crippen LogP contribution in [-0.4, -0.2) is 24.4 Å². The van der Waals surface area contributed by atoms with E-state index in [1.54, 1.807) is 0 Å². The van der Waals surface area contributed by atoms with Crippen LogP contribution >= 0.6 is 0 Å². The van der Waals surface area contributed by atoms with Crippen LogP contribution < -0.4 is 10.2 Å². The smallest absolute Gasteiger partial charge is 0.347 e. The minimum atomic E-state index is -4.65. The Kier molecular flexibility index (Phi) is 4.67. The van der Waals surface area contributed by atoms with Crippen molar-refractivity contribution >= 4 is 17.5 Å². The summed E-state index contributed by atoms with van der Waals surface area (Å²) in [6.07, 6.45) is -4.70. The lowest BCUT2D eigenvalue weighted by Crippen LogP contribution is -2.38. The second kappa shape index (κ2) is 6.78. The van der Waals surface area contributed by atoms with Crippen LogP contribution in [0, 0.1) is 5.82 Å². The van der Waals surface area contributed by atoms with Gasteiger partial charge in [-0.3, -0.25) is 9.59 Å². The van der Waals surface area contributed by atoms with E-state index >= 15 is 0 Å². The molecule has 2 aromatic carbocycles. The molecule has 1 atom stereocenters. The molecule has 0 saturated carbocycles. The van der Waals surface area contributed by atoms with Crippen molar-refractivity contribution in [3.63, 3.8) is 0 Å². The average molecular weight is 366 g/mol. The van der Waals surface area contributed by atoms with E-state index in [0.29, 0.717) is 5.69 Å². The van der Waals surface area contributed by atoms with E-state index in [2.05, 4.69) is 5.32 Å². The zero-order valence-corrected chi connectivity index (χ0v) is 13.4. The molecule has 1 aliphatic rings. The van der Waals surface area contributed by atoms with Gasteiger partial charge in [-0.2, -0.15) is 13.2 Å². The summed E-state index contributed by atoms with van der Waals surface area (Å²) in [7, 11) is 0. The number of nitrogens with one attached hydrogen (secondary N) is 1. The van der Waals surface area contributed by atoms with Crippen LogP contribution in [-0.2, 0) is 11.0 Å². The van der Waals surface area contributed by atoms with Crippen molar-refractivity contribution in [3.8, 4) is 0 Å². The Bertz CT molecular complexity index is 834. The van der Waals surface area contributed by atoms with Crippen molar-refractivity contribution in [1.29, 1.82) is 0 Å². The average Bonchev–Trinajstić information content (AvgIpc) is 2.95. The van der Waals surface area contributed by atoms with Gasteiger partial charge in [-0.1, -0.05) is 12.1 Å². The fraction of sp³-hybridized carbons (Fsp3) is 0.222. The van der Waals surface area contributed by atoms with E-state index in [1.807, 2.05) is 0 Å². The Hall–Kier alpha value is -2.90. The maximum atomic E-state index is 13.0. The van der Waals surface area contributed by atoms with Crippen LogP contribution in [0.3, 0.4) is 0 Å². The number of carbonyl (C=O) groups excluding carboxylic acids is 2. The monoisotopic (exact) mass is 366 g/mol. The van der Waals surface area contributed by atoms with Gasteiger partial charge in [-0.05, 0) is 36.4 Å². The van der Waals surface area contributed by atoms with Gasteiger partial charge in [0.25, 0.3) is 5.91 Å². The molecule has 0 unspecified atom stereocenters. The molecule has 1 saturated heterocycles. The summed E-state index contributed by atoms with van der Waals surface area (Å²) in [5.74, 6) is -1.64. The Balaban J connectivity index is 1.74. The summed E-state index contributed by atoms with van der Waals surface area (Å²) in [6.45, 7) is 0.102. The zero-order chi connectivity index (χ0) is 18.9. The third-order valence-corrected chi connectivity index (χ3v) is 4.08. The van der Waals surface area contributed by atoms with Crippen LogP contribution in [0.2, 0.25) is 0 Å².